The van der Waals surface area contributed by atoms with Crippen LogP contribution in [-0.2, 0) is 4.79 Å². The first-order valence-electron chi connectivity index (χ1n) is 11.2. The summed E-state index contributed by atoms with van der Waals surface area (Å²) in [6, 6.07) is 15.2. The molecule has 8 heteroatoms. The fourth-order valence-electron chi connectivity index (χ4n) is 3.43. The van der Waals surface area contributed by atoms with Crippen molar-refractivity contribution in [3.05, 3.63) is 83.4 Å². The van der Waals surface area contributed by atoms with Gasteiger partial charge in [-0.25, -0.2) is 4.79 Å². The predicted molar refractivity (Wildman–Crippen MR) is 140 cm³/mol. The van der Waals surface area contributed by atoms with Crippen molar-refractivity contribution < 1.29 is 38.0 Å². The second-order valence-electron chi connectivity index (χ2n) is 7.55. The smallest absolute Gasteiger partial charge is 0.336 e. The predicted octanol–water partition coefficient (Wildman–Crippen LogP) is 5.24. The molecule has 0 aliphatic carbocycles. The molecule has 37 heavy (non-hydrogen) atoms. The molecule has 0 saturated heterocycles. The third-order valence-electron chi connectivity index (χ3n) is 5.30. The highest BCUT2D eigenvalue weighted by atomic mass is 16.5. The molecule has 0 bridgehead atoms. The van der Waals surface area contributed by atoms with E-state index in [-0.39, 0.29) is 5.78 Å². The van der Waals surface area contributed by atoms with Crippen molar-refractivity contribution in [1.82, 2.24) is 0 Å². The highest BCUT2D eigenvalue weighted by Crippen LogP contribution is 2.38. The van der Waals surface area contributed by atoms with Crippen LogP contribution in [0.15, 0.2) is 66.7 Å². The number of hydrogen-bond donors (Lipinski definition) is 0. The molecular weight excluding hydrogens is 476 g/mol. The summed E-state index contributed by atoms with van der Waals surface area (Å²) in [6.45, 7) is 0. The Kier molecular flexibility index (Phi) is 9.32. The summed E-state index contributed by atoms with van der Waals surface area (Å²) in [5.41, 5.74) is 1.81. The van der Waals surface area contributed by atoms with Crippen molar-refractivity contribution in [2.24, 2.45) is 0 Å². The van der Waals surface area contributed by atoms with Gasteiger partial charge < -0.3 is 28.4 Å². The molecular formula is C29H28O8. The molecule has 3 aromatic carbocycles. The number of hydrogen-bond acceptors (Lipinski definition) is 8. The summed E-state index contributed by atoms with van der Waals surface area (Å²) in [7, 11) is 7.59. The first-order valence-corrected chi connectivity index (χ1v) is 11.2. The van der Waals surface area contributed by atoms with E-state index in [0.717, 1.165) is 5.56 Å². The number of ether oxygens (including phenoxy) is 6. The average molecular weight is 505 g/mol. The molecule has 0 atom stereocenters. The Morgan fingerprint density at radius 1 is 0.595 bits per heavy atom. The van der Waals surface area contributed by atoms with E-state index >= 15 is 0 Å². The fourth-order valence-corrected chi connectivity index (χ4v) is 3.43. The van der Waals surface area contributed by atoms with Gasteiger partial charge in [-0.15, -0.1) is 0 Å². The van der Waals surface area contributed by atoms with Crippen LogP contribution in [-0.4, -0.2) is 47.3 Å². The van der Waals surface area contributed by atoms with E-state index in [1.165, 1.54) is 47.7 Å². The minimum Gasteiger partial charge on any atom is -0.497 e. The van der Waals surface area contributed by atoms with Gasteiger partial charge in [0.15, 0.2) is 17.3 Å². The van der Waals surface area contributed by atoms with Gasteiger partial charge in [-0.05, 0) is 65.7 Å². The summed E-state index contributed by atoms with van der Waals surface area (Å²) in [4.78, 5) is 25.0. The molecule has 0 aliphatic rings. The van der Waals surface area contributed by atoms with E-state index in [0.29, 0.717) is 45.6 Å². The Morgan fingerprint density at radius 3 is 1.76 bits per heavy atom. The first kappa shape index (κ1) is 26.9. The third-order valence-corrected chi connectivity index (χ3v) is 5.30. The normalized spacial score (nSPS) is 10.8. The van der Waals surface area contributed by atoms with E-state index < -0.39 is 5.97 Å². The molecule has 3 aromatic rings. The molecule has 3 rings (SSSR count). The molecule has 0 aliphatic heterocycles. The van der Waals surface area contributed by atoms with Crippen LogP contribution in [0, 0.1) is 0 Å². The molecule has 0 amide bonds. The van der Waals surface area contributed by atoms with Crippen LogP contribution < -0.4 is 28.4 Å². The maximum absolute atomic E-state index is 12.7. The van der Waals surface area contributed by atoms with E-state index in [9.17, 15) is 9.59 Å². The monoisotopic (exact) mass is 504 g/mol. The highest BCUT2D eigenvalue weighted by molar-refractivity contribution is 6.08. The summed E-state index contributed by atoms with van der Waals surface area (Å²) in [5, 5.41) is 0. The summed E-state index contributed by atoms with van der Waals surface area (Å²) < 4.78 is 31.8. The number of methoxy groups -OCH3 is 5. The number of esters is 1. The van der Waals surface area contributed by atoms with Gasteiger partial charge in [-0.3, -0.25) is 4.79 Å². The summed E-state index contributed by atoms with van der Waals surface area (Å²) in [6.07, 6.45) is 5.99. The van der Waals surface area contributed by atoms with Crippen molar-refractivity contribution in [1.29, 1.82) is 0 Å². The van der Waals surface area contributed by atoms with E-state index in [2.05, 4.69) is 0 Å². The number of carbonyl (C=O) groups is 2. The zero-order valence-electron chi connectivity index (χ0n) is 21.3. The van der Waals surface area contributed by atoms with Crippen molar-refractivity contribution in [3.8, 4) is 34.5 Å². The van der Waals surface area contributed by atoms with Crippen LogP contribution >= 0.6 is 0 Å². The van der Waals surface area contributed by atoms with E-state index in [1.807, 2.05) is 0 Å². The van der Waals surface area contributed by atoms with Crippen LogP contribution in [0.3, 0.4) is 0 Å². The second kappa shape index (κ2) is 12.8. The maximum atomic E-state index is 12.7. The molecule has 192 valence electrons. The Bertz CT molecular complexity index is 1280. The van der Waals surface area contributed by atoms with Crippen LogP contribution in [0.2, 0.25) is 0 Å². The Labute approximate surface area is 215 Å². The van der Waals surface area contributed by atoms with E-state index in [1.54, 1.807) is 66.7 Å². The number of carbonyl (C=O) groups excluding carboxylic acids is 2. The quantitative estimate of drug-likeness (QED) is 0.152. The topological polar surface area (TPSA) is 89.5 Å². The Balaban J connectivity index is 1.65. The Morgan fingerprint density at radius 2 is 1.19 bits per heavy atom. The van der Waals surface area contributed by atoms with Gasteiger partial charge in [0.25, 0.3) is 0 Å². The van der Waals surface area contributed by atoms with E-state index in [4.69, 9.17) is 28.4 Å². The standard InChI is InChI=1S/C29H28O8/c1-32-22-12-14-25(33-2)23(18-22)24(30)13-8-19-6-10-21(11-7-19)37-28(31)15-9-20-16-26(34-3)29(36-5)27(17-20)35-4/h6-18H,1-5H3/b13-8+,15-9+. The lowest BCUT2D eigenvalue weighted by molar-refractivity contribution is -0.128. The second-order valence-corrected chi connectivity index (χ2v) is 7.55. The van der Waals surface area contributed by atoms with Gasteiger partial charge in [0.2, 0.25) is 5.75 Å². The van der Waals surface area contributed by atoms with Gasteiger partial charge >= 0.3 is 5.97 Å². The number of allylic oxidation sites excluding steroid dienone is 1. The minimum atomic E-state index is -0.558. The van der Waals surface area contributed by atoms with Gasteiger partial charge in [-0.1, -0.05) is 18.2 Å². The number of ketones is 1. The first-order chi connectivity index (χ1) is 17.9. The van der Waals surface area contributed by atoms with Crippen LogP contribution in [0.5, 0.6) is 34.5 Å². The van der Waals surface area contributed by atoms with Crippen molar-refractivity contribution in [3.63, 3.8) is 0 Å². The molecule has 0 radical (unpaired) electrons. The number of benzene rings is 3. The van der Waals surface area contributed by atoms with Gasteiger partial charge in [0, 0.05) is 6.08 Å². The largest absolute Gasteiger partial charge is 0.497 e. The lowest BCUT2D eigenvalue weighted by atomic mass is 10.1. The number of rotatable bonds is 11. The molecule has 0 aromatic heterocycles. The minimum absolute atomic E-state index is 0.233. The third kappa shape index (κ3) is 6.91. The summed E-state index contributed by atoms with van der Waals surface area (Å²) >= 11 is 0. The van der Waals surface area contributed by atoms with Gasteiger partial charge in [-0.2, -0.15) is 0 Å². The molecule has 0 unspecified atom stereocenters. The lowest BCUT2D eigenvalue weighted by Crippen LogP contribution is -2.03. The summed E-state index contributed by atoms with van der Waals surface area (Å²) in [5.74, 6) is 1.99. The zero-order chi connectivity index (χ0) is 26.8. The SMILES string of the molecule is COc1ccc(OC)c(C(=O)/C=C/c2ccc(OC(=O)/C=C/c3cc(OC)c(OC)c(OC)c3)cc2)c1. The van der Waals surface area contributed by atoms with Gasteiger partial charge in [0.1, 0.15) is 17.2 Å². The fraction of sp³-hybridized carbons (Fsp3) is 0.172. The molecule has 0 heterocycles. The van der Waals surface area contributed by atoms with Gasteiger partial charge in [0.05, 0.1) is 41.1 Å². The van der Waals surface area contributed by atoms with Crippen LogP contribution in [0.4, 0.5) is 0 Å². The Hall–Kier alpha value is -4.72. The van der Waals surface area contributed by atoms with Crippen LogP contribution in [0.25, 0.3) is 12.2 Å². The van der Waals surface area contributed by atoms with Crippen molar-refractivity contribution in [2.45, 2.75) is 0 Å². The highest BCUT2D eigenvalue weighted by Gasteiger charge is 2.13. The van der Waals surface area contributed by atoms with Crippen molar-refractivity contribution in [2.75, 3.05) is 35.5 Å². The van der Waals surface area contributed by atoms with Crippen LogP contribution in [0.1, 0.15) is 21.5 Å². The maximum Gasteiger partial charge on any atom is 0.336 e. The average Bonchev–Trinajstić information content (AvgIpc) is 2.94. The molecule has 0 saturated carbocycles. The molecule has 0 fully saturated rings. The zero-order valence-corrected chi connectivity index (χ0v) is 21.3. The molecule has 8 nitrogen and oxygen atoms in total. The van der Waals surface area contributed by atoms with Crippen molar-refractivity contribution >= 4 is 23.9 Å². The molecule has 0 spiro atoms. The lowest BCUT2D eigenvalue weighted by Gasteiger charge is -2.12. The molecule has 0 N–H and O–H groups in total.